The monoisotopic (exact) mass is 637 g/mol. The molecular weight excluding hydrogens is 610 g/mol. The van der Waals surface area contributed by atoms with Crippen LogP contribution in [0, 0.1) is 23.7 Å². The normalized spacial score (nSPS) is 29.6. The summed E-state index contributed by atoms with van der Waals surface area (Å²) in [6.45, 7) is 0. The molecule has 7 rings (SSSR count). The van der Waals surface area contributed by atoms with Crippen LogP contribution in [-0.2, 0) is 24.6 Å². The van der Waals surface area contributed by atoms with Crippen LogP contribution < -0.4 is 10.1 Å². The zero-order valence-electron chi connectivity index (χ0n) is 23.3. The molecule has 43 heavy (non-hydrogen) atoms. The number of halogens is 1. The van der Waals surface area contributed by atoms with Crippen LogP contribution in [0.3, 0.4) is 0 Å². The summed E-state index contributed by atoms with van der Waals surface area (Å²) < 4.78 is 5.90. The van der Waals surface area contributed by atoms with Crippen molar-refractivity contribution in [2.24, 2.45) is 23.7 Å². The van der Waals surface area contributed by atoms with E-state index in [1.165, 1.54) is 13.2 Å². The molecule has 3 aliphatic carbocycles. The van der Waals surface area contributed by atoms with Crippen LogP contribution in [0.5, 0.6) is 11.5 Å². The van der Waals surface area contributed by atoms with Crippen LogP contribution in [0.25, 0.3) is 5.57 Å². The van der Waals surface area contributed by atoms with E-state index in [2.05, 4.69) is 21.2 Å². The minimum atomic E-state index is -1.34. The first kappa shape index (κ1) is 27.5. The van der Waals surface area contributed by atoms with Crippen molar-refractivity contribution in [3.05, 3.63) is 112 Å². The van der Waals surface area contributed by atoms with E-state index in [0.29, 0.717) is 33.2 Å². The zero-order valence-corrected chi connectivity index (χ0v) is 24.8. The van der Waals surface area contributed by atoms with E-state index < -0.39 is 35.0 Å². The molecule has 0 bridgehead atoms. The molecule has 1 saturated heterocycles. The van der Waals surface area contributed by atoms with E-state index in [4.69, 9.17) is 4.74 Å². The van der Waals surface area contributed by atoms with Gasteiger partial charge in [-0.15, -0.1) is 0 Å². The molecule has 2 fully saturated rings. The van der Waals surface area contributed by atoms with Gasteiger partial charge in [0, 0.05) is 17.4 Å². The van der Waals surface area contributed by atoms with E-state index in [9.17, 15) is 24.3 Å². The number of ether oxygens (including phenoxy) is 1. The van der Waals surface area contributed by atoms with E-state index >= 15 is 0 Å². The van der Waals surface area contributed by atoms with Crippen molar-refractivity contribution < 1.29 is 29.0 Å². The fourth-order valence-electron chi connectivity index (χ4n) is 8.08. The van der Waals surface area contributed by atoms with Gasteiger partial charge in [0.15, 0.2) is 23.1 Å². The third kappa shape index (κ3) is 3.92. The van der Waals surface area contributed by atoms with Gasteiger partial charge in [0.1, 0.15) is 0 Å². The number of hydrogen-bond acceptors (Lipinski definition) is 6. The summed E-state index contributed by atoms with van der Waals surface area (Å²) in [5.41, 5.74) is 1.87. The number of nitrogens with one attached hydrogen (secondary N) is 1. The predicted molar refractivity (Wildman–Crippen MR) is 162 cm³/mol. The molecule has 216 valence electrons. The van der Waals surface area contributed by atoms with Gasteiger partial charge in [-0.1, -0.05) is 72.3 Å². The molecule has 3 aromatic rings. The number of carbonyl (C=O) groups is 4. The minimum Gasteiger partial charge on any atom is -0.503 e. The van der Waals surface area contributed by atoms with Crippen molar-refractivity contribution in [1.29, 1.82) is 0 Å². The molecule has 1 saturated carbocycles. The lowest BCUT2D eigenvalue weighted by Crippen LogP contribution is -2.58. The van der Waals surface area contributed by atoms with Gasteiger partial charge in [-0.25, -0.2) is 0 Å². The van der Waals surface area contributed by atoms with Crippen LogP contribution in [-0.4, -0.2) is 35.6 Å². The number of allylic oxidation sites excluding steroid dienone is 4. The molecule has 7 nitrogen and oxygen atoms in total. The fourth-order valence-corrected chi connectivity index (χ4v) is 8.54. The van der Waals surface area contributed by atoms with Crippen molar-refractivity contribution in [2.75, 3.05) is 7.11 Å². The Morgan fingerprint density at radius 2 is 1.63 bits per heavy atom. The molecule has 1 aliphatic heterocycles. The number of rotatable bonds is 4. The molecule has 0 spiro atoms. The first-order valence-electron chi connectivity index (χ1n) is 14.3. The number of aromatic hydroxyl groups is 1. The molecule has 0 radical (unpaired) electrons. The maximum absolute atomic E-state index is 14.9. The summed E-state index contributed by atoms with van der Waals surface area (Å²) >= 11 is 3.46. The standard InChI is InChI=1S/C35H28BrNO6/c1-43-27-15-19(14-26(36)32(27)40)30-21-12-13-22-29(34(42)37-33(22)41)24(21)16-25-31(39)23(18-8-4-2-5-9-18)17-28(38)35(25,30)20-10-6-3-7-11-20/h2-12,14-15,17,22,24-25,29-30,40H,13,16H2,1H3,(H,37,41,42)/t22-,24+,25-,29-,30-,35-/m0/s1. The van der Waals surface area contributed by atoms with Crippen LogP contribution >= 0.6 is 15.9 Å². The minimum absolute atomic E-state index is 0.0836. The number of fused-ring (bicyclic) bond motifs is 4. The number of imide groups is 1. The fraction of sp³-hybridized carbons (Fsp3) is 0.257. The summed E-state index contributed by atoms with van der Waals surface area (Å²) in [5, 5.41) is 13.2. The van der Waals surface area contributed by atoms with Crippen LogP contribution in [0.1, 0.15) is 35.4 Å². The van der Waals surface area contributed by atoms with Gasteiger partial charge in [0.05, 0.1) is 28.8 Å². The van der Waals surface area contributed by atoms with Crippen molar-refractivity contribution in [1.82, 2.24) is 5.32 Å². The Morgan fingerprint density at radius 1 is 0.930 bits per heavy atom. The average molecular weight is 639 g/mol. The van der Waals surface area contributed by atoms with E-state index in [1.807, 2.05) is 66.7 Å². The van der Waals surface area contributed by atoms with Crippen LogP contribution in [0.15, 0.2) is 95.0 Å². The number of hydrogen-bond donors (Lipinski definition) is 2. The largest absolute Gasteiger partial charge is 0.503 e. The third-order valence-electron chi connectivity index (χ3n) is 9.82. The maximum atomic E-state index is 14.9. The predicted octanol–water partition coefficient (Wildman–Crippen LogP) is 5.28. The Kier molecular flexibility index (Phi) is 6.50. The second-order valence-corrected chi connectivity index (χ2v) is 12.5. The lowest BCUT2D eigenvalue weighted by Gasteiger charge is -2.55. The van der Waals surface area contributed by atoms with Crippen molar-refractivity contribution in [3.63, 3.8) is 0 Å². The number of benzene rings is 3. The van der Waals surface area contributed by atoms with E-state index in [-0.39, 0.29) is 41.3 Å². The molecule has 4 aliphatic rings. The zero-order chi connectivity index (χ0) is 30.0. The highest BCUT2D eigenvalue weighted by molar-refractivity contribution is 9.10. The number of ketones is 2. The van der Waals surface area contributed by atoms with Crippen LogP contribution in [0.4, 0.5) is 0 Å². The van der Waals surface area contributed by atoms with Gasteiger partial charge in [0.2, 0.25) is 11.8 Å². The van der Waals surface area contributed by atoms with Crippen LogP contribution in [0.2, 0.25) is 0 Å². The molecule has 1 heterocycles. The van der Waals surface area contributed by atoms with Crippen molar-refractivity contribution in [3.8, 4) is 11.5 Å². The average Bonchev–Trinajstić information content (AvgIpc) is 3.32. The molecule has 2 N–H and O–H groups in total. The molecule has 0 aromatic heterocycles. The van der Waals surface area contributed by atoms with Gasteiger partial charge in [-0.3, -0.25) is 24.5 Å². The Labute approximate surface area is 256 Å². The number of phenols is 1. The van der Waals surface area contributed by atoms with Gasteiger partial charge in [0.25, 0.3) is 0 Å². The third-order valence-corrected chi connectivity index (χ3v) is 10.4. The second kappa shape index (κ2) is 10.2. The van der Waals surface area contributed by atoms with Crippen molar-refractivity contribution >= 4 is 44.9 Å². The number of carbonyl (C=O) groups excluding carboxylic acids is 4. The van der Waals surface area contributed by atoms with E-state index in [0.717, 1.165) is 5.57 Å². The van der Waals surface area contributed by atoms with Gasteiger partial charge in [-0.05, 0) is 69.6 Å². The molecule has 8 heteroatoms. The molecule has 3 aromatic carbocycles. The summed E-state index contributed by atoms with van der Waals surface area (Å²) in [6.07, 6.45) is 4.07. The lowest BCUT2D eigenvalue weighted by atomic mass is 9.44. The summed E-state index contributed by atoms with van der Waals surface area (Å²) in [4.78, 5) is 55.7. The van der Waals surface area contributed by atoms with Crippen molar-refractivity contribution in [2.45, 2.75) is 24.2 Å². The second-order valence-electron chi connectivity index (χ2n) is 11.7. The first-order valence-corrected chi connectivity index (χ1v) is 15.1. The van der Waals surface area contributed by atoms with Gasteiger partial charge >= 0.3 is 0 Å². The van der Waals surface area contributed by atoms with Gasteiger partial charge < -0.3 is 9.84 Å². The molecular formula is C35H28BrNO6. The molecule has 6 atom stereocenters. The summed E-state index contributed by atoms with van der Waals surface area (Å²) in [7, 11) is 1.45. The molecule has 0 unspecified atom stereocenters. The number of methoxy groups -OCH3 is 1. The highest BCUT2D eigenvalue weighted by atomic mass is 79.9. The number of Topliss-reactive ketones (excluding diaryl/α,β-unsaturated/α-hetero) is 1. The Morgan fingerprint density at radius 3 is 2.33 bits per heavy atom. The number of phenolic OH excluding ortho intramolecular Hbond substituents is 1. The SMILES string of the molecule is COc1cc([C@H]2C3=CC[C@@H]4C(=O)NC(=O)[C@@H]4[C@@H]3C[C@H]3C(=O)C(c4ccccc4)=CC(=O)[C@@]23c2ccccc2)cc(Br)c1O. The van der Waals surface area contributed by atoms with Gasteiger partial charge in [-0.2, -0.15) is 0 Å². The Hall–Kier alpha value is -4.30. The number of amides is 2. The smallest absolute Gasteiger partial charge is 0.231 e. The highest BCUT2D eigenvalue weighted by Crippen LogP contribution is 2.63. The molecule has 2 amide bonds. The first-order chi connectivity index (χ1) is 20.8. The Balaban J connectivity index is 1.55. The quantitative estimate of drug-likeness (QED) is 0.298. The summed E-state index contributed by atoms with van der Waals surface area (Å²) in [5.74, 6) is -3.99. The Bertz CT molecular complexity index is 1760. The maximum Gasteiger partial charge on any atom is 0.231 e. The van der Waals surface area contributed by atoms with E-state index in [1.54, 1.807) is 12.1 Å². The highest BCUT2D eigenvalue weighted by Gasteiger charge is 2.65. The topological polar surface area (TPSA) is 110 Å². The summed E-state index contributed by atoms with van der Waals surface area (Å²) in [6, 6.07) is 22.0. The lowest BCUT2D eigenvalue weighted by molar-refractivity contribution is -0.135.